The molecule has 4 heteroatoms. The summed E-state index contributed by atoms with van der Waals surface area (Å²) >= 11 is 0. The maximum Gasteiger partial charge on any atom is 0.410 e. The van der Waals surface area contributed by atoms with E-state index >= 15 is 0 Å². The zero-order valence-corrected chi connectivity index (χ0v) is 15.9. The van der Waals surface area contributed by atoms with Crippen LogP contribution in [-0.2, 0) is 11.3 Å². The van der Waals surface area contributed by atoms with E-state index in [1.54, 1.807) is 7.11 Å². The zero-order valence-electron chi connectivity index (χ0n) is 15.9. The first-order valence-corrected chi connectivity index (χ1v) is 9.50. The number of rotatable bonds is 4. The topological polar surface area (TPSA) is 38.8 Å². The van der Waals surface area contributed by atoms with Gasteiger partial charge in [-0.1, -0.05) is 42.5 Å². The molecule has 2 atom stereocenters. The van der Waals surface area contributed by atoms with Crippen molar-refractivity contribution in [3.05, 3.63) is 71.3 Å². The molecule has 4 rings (SSSR count). The summed E-state index contributed by atoms with van der Waals surface area (Å²) in [5.74, 6) is 0.877. The second-order valence-corrected chi connectivity index (χ2v) is 7.32. The number of carbonyl (C=O) groups is 1. The molecule has 0 N–H and O–H groups in total. The van der Waals surface area contributed by atoms with Gasteiger partial charge in [0.15, 0.2) is 0 Å². The van der Waals surface area contributed by atoms with Gasteiger partial charge >= 0.3 is 6.09 Å². The average molecular weight is 363 g/mol. The number of amides is 1. The highest BCUT2D eigenvalue weighted by Gasteiger charge is 2.40. The van der Waals surface area contributed by atoms with Crippen LogP contribution in [0.3, 0.4) is 0 Å². The number of hydrogen-bond acceptors (Lipinski definition) is 3. The number of ether oxygens (including phenoxy) is 2. The Morgan fingerprint density at radius 3 is 2.67 bits per heavy atom. The molecule has 2 heterocycles. The molecule has 2 aliphatic rings. The number of benzene rings is 2. The normalized spacial score (nSPS) is 21.0. The molecule has 0 aromatic heterocycles. The third-order valence-electron chi connectivity index (χ3n) is 5.59. The molecular weight excluding hydrogens is 338 g/mol. The minimum atomic E-state index is -0.201. The predicted molar refractivity (Wildman–Crippen MR) is 106 cm³/mol. The Balaban J connectivity index is 1.48. The third kappa shape index (κ3) is 3.57. The Bertz CT molecular complexity index is 859. The van der Waals surface area contributed by atoms with E-state index in [1.165, 1.54) is 16.7 Å². The summed E-state index contributed by atoms with van der Waals surface area (Å²) in [4.78, 5) is 14.6. The van der Waals surface area contributed by atoms with Crippen LogP contribution < -0.4 is 4.74 Å². The number of methoxy groups -OCH3 is 1. The molecule has 2 aliphatic heterocycles. The molecule has 0 spiro atoms. The first kappa shape index (κ1) is 17.7. The van der Waals surface area contributed by atoms with Crippen LogP contribution in [0.4, 0.5) is 4.79 Å². The summed E-state index contributed by atoms with van der Waals surface area (Å²) in [7, 11) is 1.69. The molecule has 2 aromatic carbocycles. The Labute approximate surface area is 160 Å². The maximum atomic E-state index is 12.7. The minimum Gasteiger partial charge on any atom is -0.497 e. The SMILES string of the molecule is COc1ccc(C2=CC3CCC(C2)N3C(=O)OCc2ccccc2)c(C)c1. The monoisotopic (exact) mass is 363 g/mol. The highest BCUT2D eigenvalue weighted by atomic mass is 16.6. The van der Waals surface area contributed by atoms with Gasteiger partial charge in [-0.15, -0.1) is 0 Å². The largest absolute Gasteiger partial charge is 0.497 e. The number of nitrogens with zero attached hydrogens (tertiary/aromatic N) is 1. The zero-order chi connectivity index (χ0) is 18.8. The van der Waals surface area contributed by atoms with Crippen molar-refractivity contribution in [2.75, 3.05) is 7.11 Å². The van der Waals surface area contributed by atoms with E-state index in [9.17, 15) is 4.79 Å². The number of carbonyl (C=O) groups excluding carboxylic acids is 1. The van der Waals surface area contributed by atoms with Gasteiger partial charge in [0.2, 0.25) is 0 Å². The quantitative estimate of drug-likeness (QED) is 0.771. The van der Waals surface area contributed by atoms with Crippen molar-refractivity contribution in [3.63, 3.8) is 0 Å². The summed E-state index contributed by atoms with van der Waals surface area (Å²) in [6, 6.07) is 16.4. The molecule has 0 saturated carbocycles. The van der Waals surface area contributed by atoms with Gasteiger partial charge in [-0.3, -0.25) is 4.90 Å². The van der Waals surface area contributed by atoms with Gasteiger partial charge in [-0.25, -0.2) is 4.79 Å². The fourth-order valence-electron chi connectivity index (χ4n) is 4.23. The molecule has 1 fully saturated rings. The van der Waals surface area contributed by atoms with Crippen LogP contribution in [0.1, 0.15) is 36.0 Å². The Hall–Kier alpha value is -2.75. The van der Waals surface area contributed by atoms with Gasteiger partial charge < -0.3 is 9.47 Å². The van der Waals surface area contributed by atoms with Crippen molar-refractivity contribution in [1.82, 2.24) is 4.90 Å². The molecule has 27 heavy (non-hydrogen) atoms. The lowest BCUT2D eigenvalue weighted by Crippen LogP contribution is -2.43. The summed E-state index contributed by atoms with van der Waals surface area (Å²) in [6.07, 6.45) is 4.96. The van der Waals surface area contributed by atoms with E-state index in [-0.39, 0.29) is 18.2 Å². The van der Waals surface area contributed by atoms with Crippen LogP contribution in [0.25, 0.3) is 5.57 Å². The molecule has 140 valence electrons. The molecule has 2 aromatic rings. The van der Waals surface area contributed by atoms with Crippen molar-refractivity contribution in [1.29, 1.82) is 0 Å². The minimum absolute atomic E-state index is 0.128. The molecule has 0 radical (unpaired) electrons. The highest BCUT2D eigenvalue weighted by Crippen LogP contribution is 2.40. The third-order valence-corrected chi connectivity index (χ3v) is 5.59. The first-order chi connectivity index (χ1) is 13.2. The van der Waals surface area contributed by atoms with Crippen molar-refractivity contribution in [3.8, 4) is 5.75 Å². The van der Waals surface area contributed by atoms with Gasteiger partial charge in [-0.2, -0.15) is 0 Å². The van der Waals surface area contributed by atoms with E-state index in [0.29, 0.717) is 6.61 Å². The van der Waals surface area contributed by atoms with Gasteiger partial charge in [0, 0.05) is 6.04 Å². The fourth-order valence-corrected chi connectivity index (χ4v) is 4.23. The number of aryl methyl sites for hydroxylation is 1. The smallest absolute Gasteiger partial charge is 0.410 e. The molecular formula is C23H25NO3. The van der Waals surface area contributed by atoms with Crippen LogP contribution in [0.5, 0.6) is 5.75 Å². The van der Waals surface area contributed by atoms with Gasteiger partial charge in [0.25, 0.3) is 0 Å². The van der Waals surface area contributed by atoms with Crippen molar-refractivity contribution in [2.24, 2.45) is 0 Å². The van der Waals surface area contributed by atoms with E-state index in [0.717, 1.165) is 30.6 Å². The summed E-state index contributed by atoms with van der Waals surface area (Å²) in [5, 5.41) is 0. The second kappa shape index (κ2) is 7.47. The highest BCUT2D eigenvalue weighted by molar-refractivity contribution is 5.76. The lowest BCUT2D eigenvalue weighted by molar-refractivity contribution is 0.0832. The lowest BCUT2D eigenvalue weighted by Gasteiger charge is -2.33. The summed E-state index contributed by atoms with van der Waals surface area (Å²) in [6.45, 7) is 2.44. The van der Waals surface area contributed by atoms with Gasteiger partial charge in [0.1, 0.15) is 12.4 Å². The standard InChI is InChI=1S/C23H25NO3/c1-16-12-21(26-2)10-11-22(16)18-13-19-8-9-20(14-18)24(19)23(25)27-15-17-6-4-3-5-7-17/h3-7,10-13,19-20H,8-9,14-15H2,1-2H3. The van der Waals surface area contributed by atoms with Crippen LogP contribution in [0, 0.1) is 6.92 Å². The van der Waals surface area contributed by atoms with Gasteiger partial charge in [-0.05, 0) is 60.6 Å². The van der Waals surface area contributed by atoms with E-state index < -0.39 is 0 Å². The molecule has 2 bridgehead atoms. The molecule has 1 saturated heterocycles. The van der Waals surface area contributed by atoms with E-state index in [4.69, 9.17) is 9.47 Å². The van der Waals surface area contributed by atoms with Crippen molar-refractivity contribution >= 4 is 11.7 Å². The summed E-state index contributed by atoms with van der Waals surface area (Å²) in [5.41, 5.74) is 4.81. The molecule has 1 amide bonds. The van der Waals surface area contributed by atoms with Crippen LogP contribution in [0.2, 0.25) is 0 Å². The van der Waals surface area contributed by atoms with Crippen LogP contribution in [-0.4, -0.2) is 30.2 Å². The number of fused-ring (bicyclic) bond motifs is 2. The number of hydrogen-bond donors (Lipinski definition) is 0. The van der Waals surface area contributed by atoms with Crippen LogP contribution in [0.15, 0.2) is 54.6 Å². The first-order valence-electron chi connectivity index (χ1n) is 9.50. The molecule has 2 unspecified atom stereocenters. The van der Waals surface area contributed by atoms with E-state index in [1.807, 2.05) is 41.3 Å². The molecule has 0 aliphatic carbocycles. The Morgan fingerprint density at radius 1 is 1.15 bits per heavy atom. The molecule has 4 nitrogen and oxygen atoms in total. The Kier molecular flexibility index (Phi) is 4.88. The summed E-state index contributed by atoms with van der Waals surface area (Å²) < 4.78 is 10.9. The lowest BCUT2D eigenvalue weighted by atomic mass is 9.92. The van der Waals surface area contributed by atoms with Crippen molar-refractivity contribution < 1.29 is 14.3 Å². The van der Waals surface area contributed by atoms with Crippen molar-refractivity contribution in [2.45, 2.75) is 44.9 Å². The van der Waals surface area contributed by atoms with Crippen LogP contribution >= 0.6 is 0 Å². The van der Waals surface area contributed by atoms with Gasteiger partial charge in [0.05, 0.1) is 13.2 Å². The van der Waals surface area contributed by atoms with E-state index in [2.05, 4.69) is 25.1 Å². The average Bonchev–Trinajstić information content (AvgIpc) is 2.96. The fraction of sp³-hybridized carbons (Fsp3) is 0.348. The second-order valence-electron chi connectivity index (χ2n) is 7.32. The predicted octanol–water partition coefficient (Wildman–Crippen LogP) is 4.96. The Morgan fingerprint density at radius 2 is 1.96 bits per heavy atom. The maximum absolute atomic E-state index is 12.7.